The van der Waals surface area contributed by atoms with Crippen molar-refractivity contribution in [2.24, 2.45) is 0 Å². The minimum Gasteiger partial charge on any atom is -0.450 e. The fraction of sp³-hybridized carbons (Fsp3) is 0.333. The van der Waals surface area contributed by atoms with Gasteiger partial charge in [-0.15, -0.1) is 0 Å². The van der Waals surface area contributed by atoms with Gasteiger partial charge >= 0.3 is 13.4 Å². The minimum atomic E-state index is -3.03. The number of nitro benzene ring substituents is 2. The summed E-state index contributed by atoms with van der Waals surface area (Å²) in [6.07, 6.45) is 0. The van der Waals surface area contributed by atoms with E-state index in [-0.39, 0.29) is 29.5 Å². The topological polar surface area (TPSA) is 128 Å². The molecule has 0 amide bonds. The zero-order valence-corrected chi connectivity index (χ0v) is 17.0. The molecule has 30 heavy (non-hydrogen) atoms. The Labute approximate surface area is 171 Å². The summed E-state index contributed by atoms with van der Waals surface area (Å²) in [5.41, 5.74) is 0.735. The van der Waals surface area contributed by atoms with Crippen LogP contribution < -0.4 is 4.74 Å². The Hall–Kier alpha value is -2.85. The highest BCUT2D eigenvalue weighted by molar-refractivity contribution is 7.54. The molecule has 0 unspecified atom stereocenters. The predicted molar refractivity (Wildman–Crippen MR) is 107 cm³/mol. The molecule has 158 valence electrons. The molecule has 0 aliphatic carbocycles. The van der Waals surface area contributed by atoms with Crippen molar-refractivity contribution in [2.45, 2.75) is 13.5 Å². The van der Waals surface area contributed by atoms with Gasteiger partial charge in [-0.2, -0.15) is 0 Å². The molecular weight excluding hydrogens is 415 g/mol. The summed E-state index contributed by atoms with van der Waals surface area (Å²) in [4.78, 5) is 21.2. The summed E-state index contributed by atoms with van der Waals surface area (Å²) >= 11 is 0. The number of nitro groups is 2. The highest BCUT2D eigenvalue weighted by Gasteiger charge is 2.49. The molecule has 0 bridgehead atoms. The monoisotopic (exact) mass is 434 g/mol. The van der Waals surface area contributed by atoms with Crippen LogP contribution in [0.25, 0.3) is 0 Å². The number of rotatable bonds is 9. The predicted octanol–water partition coefficient (Wildman–Crippen LogP) is 3.86. The third-order valence-corrected chi connectivity index (χ3v) is 7.61. The number of nitrogens with zero attached hydrogens (tertiary/aromatic N) is 4. The maximum atomic E-state index is 13.1. The summed E-state index contributed by atoms with van der Waals surface area (Å²) in [6, 6.07) is 8.14. The van der Waals surface area contributed by atoms with Gasteiger partial charge in [0.15, 0.2) is 0 Å². The van der Waals surface area contributed by atoms with E-state index in [0.717, 1.165) is 26.2 Å². The van der Waals surface area contributed by atoms with Crippen molar-refractivity contribution >= 4 is 19.0 Å². The fourth-order valence-electron chi connectivity index (χ4n) is 2.99. The van der Waals surface area contributed by atoms with E-state index in [0.29, 0.717) is 11.1 Å². The maximum absolute atomic E-state index is 13.1. The fourth-order valence-corrected chi connectivity index (χ4v) is 5.17. The highest BCUT2D eigenvalue weighted by atomic mass is 31.2. The Morgan fingerprint density at radius 3 is 2.07 bits per heavy atom. The molecule has 12 heteroatoms. The average molecular weight is 434 g/mol. The minimum absolute atomic E-state index is 0.0169. The van der Waals surface area contributed by atoms with Crippen LogP contribution in [0, 0.1) is 27.2 Å². The lowest BCUT2D eigenvalue weighted by Gasteiger charge is -2.20. The molecule has 4 rings (SSSR count). The first-order chi connectivity index (χ1) is 14.3. The molecule has 2 aliphatic rings. The van der Waals surface area contributed by atoms with E-state index in [1.165, 1.54) is 30.3 Å². The molecule has 2 saturated heterocycles. The smallest absolute Gasteiger partial charge is 0.346 e. The van der Waals surface area contributed by atoms with Crippen LogP contribution >= 0.6 is 7.67 Å². The lowest BCUT2D eigenvalue weighted by molar-refractivity contribution is -0.385. The number of hydrogen-bond donors (Lipinski definition) is 0. The molecule has 2 aliphatic heterocycles. The standard InChI is InChI=1S/C18H19N4O7P/c1-13-14(12-28-30(27,19-8-9-19)20-10-11-20)2-7-17(22(25)26)18(13)29-16-5-3-15(4-6-16)21(23)24/h2-7H,8-12H2,1H3. The summed E-state index contributed by atoms with van der Waals surface area (Å²) in [5, 5.41) is 22.3. The normalized spacial score (nSPS) is 16.3. The van der Waals surface area contributed by atoms with Crippen LogP contribution in [0.5, 0.6) is 11.5 Å². The van der Waals surface area contributed by atoms with E-state index in [1.807, 2.05) is 0 Å². The Morgan fingerprint density at radius 1 is 0.967 bits per heavy atom. The molecule has 0 radical (unpaired) electrons. The third-order valence-electron chi connectivity index (χ3n) is 4.91. The summed E-state index contributed by atoms with van der Waals surface area (Å²) in [5.74, 6) is 0.243. The molecular formula is C18H19N4O7P. The summed E-state index contributed by atoms with van der Waals surface area (Å²) in [6.45, 7) is 4.57. The van der Waals surface area contributed by atoms with Crippen molar-refractivity contribution in [3.63, 3.8) is 0 Å². The van der Waals surface area contributed by atoms with Crippen molar-refractivity contribution in [3.8, 4) is 11.5 Å². The van der Waals surface area contributed by atoms with E-state index in [4.69, 9.17) is 9.26 Å². The van der Waals surface area contributed by atoms with Gasteiger partial charge < -0.3 is 9.26 Å². The van der Waals surface area contributed by atoms with Gasteiger partial charge in [0.1, 0.15) is 5.75 Å². The highest BCUT2D eigenvalue weighted by Crippen LogP contribution is 2.61. The van der Waals surface area contributed by atoms with Crippen LogP contribution in [0.2, 0.25) is 0 Å². The zero-order valence-electron chi connectivity index (χ0n) is 16.1. The Bertz CT molecular complexity index is 1040. The first-order valence-corrected chi connectivity index (χ1v) is 10.8. The second-order valence-electron chi connectivity index (χ2n) is 6.98. The van der Waals surface area contributed by atoms with Gasteiger partial charge in [0.2, 0.25) is 5.75 Å². The van der Waals surface area contributed by atoms with E-state index in [2.05, 4.69) is 0 Å². The van der Waals surface area contributed by atoms with Crippen molar-refractivity contribution in [1.29, 1.82) is 0 Å². The second-order valence-corrected chi connectivity index (χ2v) is 9.35. The van der Waals surface area contributed by atoms with Gasteiger partial charge in [0.25, 0.3) is 5.69 Å². The van der Waals surface area contributed by atoms with E-state index in [9.17, 15) is 24.8 Å². The number of non-ortho nitro benzene ring substituents is 1. The molecule has 0 spiro atoms. The number of ether oxygens (including phenoxy) is 1. The molecule has 0 N–H and O–H groups in total. The average Bonchev–Trinajstić information content (AvgIpc) is 3.60. The number of hydrogen-bond acceptors (Lipinski definition) is 7. The van der Waals surface area contributed by atoms with Gasteiger partial charge in [-0.05, 0) is 30.7 Å². The lowest BCUT2D eigenvalue weighted by atomic mass is 10.1. The SMILES string of the molecule is Cc1c(COP(=O)(N2CC2)N2CC2)ccc([N+](=O)[O-])c1Oc1ccc([N+](=O)[O-])cc1. The third kappa shape index (κ3) is 4.05. The van der Waals surface area contributed by atoms with Crippen LogP contribution in [-0.4, -0.2) is 45.4 Å². The Morgan fingerprint density at radius 2 is 1.57 bits per heavy atom. The van der Waals surface area contributed by atoms with Crippen molar-refractivity contribution < 1.29 is 23.7 Å². The first-order valence-electron chi connectivity index (χ1n) is 9.24. The van der Waals surface area contributed by atoms with Gasteiger partial charge in [-0.1, -0.05) is 0 Å². The quantitative estimate of drug-likeness (QED) is 0.250. The summed E-state index contributed by atoms with van der Waals surface area (Å²) in [7, 11) is -3.03. The maximum Gasteiger partial charge on any atom is 0.346 e. The van der Waals surface area contributed by atoms with Gasteiger partial charge in [0, 0.05) is 49.9 Å². The molecule has 0 saturated carbocycles. The zero-order chi connectivity index (χ0) is 21.5. The number of benzene rings is 2. The molecule has 2 fully saturated rings. The molecule has 0 aromatic heterocycles. The van der Waals surface area contributed by atoms with Gasteiger partial charge in [-0.3, -0.25) is 24.8 Å². The second kappa shape index (κ2) is 7.77. The molecule has 2 aromatic carbocycles. The molecule has 2 aromatic rings. The van der Waals surface area contributed by atoms with E-state index >= 15 is 0 Å². The van der Waals surface area contributed by atoms with Crippen LogP contribution in [0.4, 0.5) is 11.4 Å². The van der Waals surface area contributed by atoms with Crippen LogP contribution in [0.15, 0.2) is 36.4 Å². The Kier molecular flexibility index (Phi) is 5.29. The molecule has 2 heterocycles. The van der Waals surface area contributed by atoms with Gasteiger partial charge in [0.05, 0.1) is 16.5 Å². The Balaban J connectivity index is 1.59. The lowest BCUT2D eigenvalue weighted by Crippen LogP contribution is -2.09. The first kappa shape index (κ1) is 20.4. The summed E-state index contributed by atoms with van der Waals surface area (Å²) < 4.78 is 28.2. The van der Waals surface area contributed by atoms with Gasteiger partial charge in [-0.25, -0.2) is 9.34 Å². The van der Waals surface area contributed by atoms with Crippen LogP contribution in [0.3, 0.4) is 0 Å². The van der Waals surface area contributed by atoms with Crippen molar-refractivity contribution in [2.75, 3.05) is 26.2 Å². The molecule has 11 nitrogen and oxygen atoms in total. The van der Waals surface area contributed by atoms with Crippen molar-refractivity contribution in [1.82, 2.24) is 9.34 Å². The largest absolute Gasteiger partial charge is 0.450 e. The van der Waals surface area contributed by atoms with Crippen LogP contribution in [-0.2, 0) is 15.7 Å². The van der Waals surface area contributed by atoms with E-state index in [1.54, 1.807) is 22.3 Å². The van der Waals surface area contributed by atoms with Crippen molar-refractivity contribution in [3.05, 3.63) is 67.8 Å². The molecule has 0 atom stereocenters. The van der Waals surface area contributed by atoms with E-state index < -0.39 is 17.5 Å². The van der Waals surface area contributed by atoms with Crippen LogP contribution in [0.1, 0.15) is 11.1 Å².